The number of thiol groups is 1. The molecule has 0 aliphatic rings. The summed E-state index contributed by atoms with van der Waals surface area (Å²) in [5.41, 5.74) is 2.94. The van der Waals surface area contributed by atoms with E-state index < -0.39 is 4.92 Å². The van der Waals surface area contributed by atoms with E-state index in [-0.39, 0.29) is 17.2 Å². The number of hydrogen-bond acceptors (Lipinski definition) is 5. The fourth-order valence-corrected chi connectivity index (χ4v) is 3.54. The largest absolute Gasteiger partial charge is 0.293 e. The number of benzene rings is 3. The van der Waals surface area contributed by atoms with Crippen molar-refractivity contribution in [3.8, 4) is 22.3 Å². The van der Waals surface area contributed by atoms with Crippen LogP contribution in [0.15, 0.2) is 72.8 Å². The maximum atomic E-state index is 12.7. The van der Waals surface area contributed by atoms with Gasteiger partial charge in [-0.1, -0.05) is 71.5 Å². The molecule has 0 bridgehead atoms. The molecule has 3 aromatic carbocycles. The molecule has 0 amide bonds. The van der Waals surface area contributed by atoms with Crippen LogP contribution in [0, 0.1) is 10.1 Å². The molecule has 6 heteroatoms. The van der Waals surface area contributed by atoms with E-state index in [1.54, 1.807) is 6.07 Å². The molecule has 0 spiro atoms. The lowest BCUT2D eigenvalue weighted by molar-refractivity contribution is -0.384. The number of carbonyl (C=O) groups excluding carboxylic acids is 1. The summed E-state index contributed by atoms with van der Waals surface area (Å²) in [6.07, 6.45) is 0. The number of rotatable bonds is 6. The van der Waals surface area contributed by atoms with Gasteiger partial charge in [0, 0.05) is 17.2 Å². The molecule has 0 unspecified atom stereocenters. The first-order valence-electron chi connectivity index (χ1n) is 7.85. The van der Waals surface area contributed by atoms with E-state index in [4.69, 9.17) is 0 Å². The fourth-order valence-electron chi connectivity index (χ4n) is 2.91. The Bertz CT molecular complexity index is 944. The predicted octanol–water partition coefficient (Wildman–Crippen LogP) is 5.69. The summed E-state index contributed by atoms with van der Waals surface area (Å²) in [5, 5.41) is 11.7. The second kappa shape index (κ2) is 8.21. The molecular formula is C20H15NO3S2. The second-order valence-electron chi connectivity index (χ2n) is 5.57. The molecule has 0 fully saturated rings. The zero-order valence-corrected chi connectivity index (χ0v) is 15.4. The van der Waals surface area contributed by atoms with Gasteiger partial charge < -0.3 is 0 Å². The minimum absolute atomic E-state index is 0.0230. The SMILES string of the molecule is O=C(CSS)c1ccc([N+](=O)[O-])c(-c2ccccc2)c1-c1ccccc1. The van der Waals surface area contributed by atoms with Gasteiger partial charge in [-0.2, -0.15) is 0 Å². The van der Waals surface area contributed by atoms with Crippen LogP contribution in [0.1, 0.15) is 10.4 Å². The Hall–Kier alpha value is -2.57. The maximum Gasteiger partial charge on any atom is 0.277 e. The second-order valence-corrected chi connectivity index (χ2v) is 6.89. The molecule has 0 radical (unpaired) electrons. The van der Waals surface area contributed by atoms with Gasteiger partial charge in [-0.15, -0.1) is 11.7 Å². The first-order valence-corrected chi connectivity index (χ1v) is 9.89. The molecule has 0 heterocycles. The van der Waals surface area contributed by atoms with Crippen molar-refractivity contribution < 1.29 is 9.72 Å². The van der Waals surface area contributed by atoms with E-state index in [1.807, 2.05) is 60.7 Å². The molecule has 0 N–H and O–H groups in total. The summed E-state index contributed by atoms with van der Waals surface area (Å²) in [6, 6.07) is 21.4. The van der Waals surface area contributed by atoms with Gasteiger partial charge >= 0.3 is 0 Å². The van der Waals surface area contributed by atoms with Gasteiger partial charge in [0.05, 0.1) is 16.2 Å². The minimum Gasteiger partial charge on any atom is -0.293 e. The Balaban J connectivity index is 2.40. The highest BCUT2D eigenvalue weighted by Crippen LogP contribution is 2.41. The summed E-state index contributed by atoms with van der Waals surface area (Å²) in [4.78, 5) is 23.9. The fraction of sp³-hybridized carbons (Fsp3) is 0.0500. The first-order chi connectivity index (χ1) is 12.6. The predicted molar refractivity (Wildman–Crippen MR) is 110 cm³/mol. The minimum atomic E-state index is -0.406. The van der Waals surface area contributed by atoms with E-state index in [0.29, 0.717) is 22.3 Å². The number of nitro benzene ring substituents is 1. The van der Waals surface area contributed by atoms with Gasteiger partial charge in [0.25, 0.3) is 5.69 Å². The lowest BCUT2D eigenvalue weighted by Gasteiger charge is -2.15. The number of hydrogen-bond donors (Lipinski definition) is 1. The zero-order chi connectivity index (χ0) is 18.5. The molecule has 0 saturated heterocycles. The number of Topliss-reactive ketones (excluding diaryl/α,β-unsaturated/α-hetero) is 1. The molecule has 3 aromatic rings. The van der Waals surface area contributed by atoms with Crippen LogP contribution in [0.25, 0.3) is 22.3 Å². The molecule has 26 heavy (non-hydrogen) atoms. The summed E-state index contributed by atoms with van der Waals surface area (Å²) in [5.74, 6) is 0.0746. The molecular weight excluding hydrogens is 366 g/mol. The lowest BCUT2D eigenvalue weighted by Crippen LogP contribution is -2.07. The van der Waals surface area contributed by atoms with E-state index in [9.17, 15) is 14.9 Å². The van der Waals surface area contributed by atoms with Gasteiger partial charge in [0.15, 0.2) is 5.78 Å². The third-order valence-electron chi connectivity index (χ3n) is 4.00. The molecule has 0 aliphatic carbocycles. The Morgan fingerprint density at radius 1 is 0.885 bits per heavy atom. The van der Waals surface area contributed by atoms with Gasteiger partial charge in [0.1, 0.15) is 0 Å². The van der Waals surface area contributed by atoms with Gasteiger partial charge in [-0.05, 0) is 17.2 Å². The monoisotopic (exact) mass is 381 g/mol. The summed E-state index contributed by atoms with van der Waals surface area (Å²) >= 11 is 4.07. The first kappa shape index (κ1) is 18.2. The van der Waals surface area contributed by atoms with Crippen molar-refractivity contribution in [2.45, 2.75) is 0 Å². The molecule has 0 aliphatic heterocycles. The molecule has 0 saturated carbocycles. The average Bonchev–Trinajstić information content (AvgIpc) is 2.68. The Labute approximate surface area is 160 Å². The van der Waals surface area contributed by atoms with Crippen LogP contribution in [0.3, 0.4) is 0 Å². The smallest absolute Gasteiger partial charge is 0.277 e. The van der Waals surface area contributed by atoms with E-state index in [1.165, 1.54) is 6.07 Å². The Morgan fingerprint density at radius 3 is 1.92 bits per heavy atom. The highest BCUT2D eigenvalue weighted by Gasteiger charge is 2.25. The van der Waals surface area contributed by atoms with Crippen LogP contribution in [0.5, 0.6) is 0 Å². The number of nitrogens with zero attached hydrogens (tertiary/aromatic N) is 1. The molecule has 130 valence electrons. The Kier molecular flexibility index (Phi) is 5.75. The maximum absolute atomic E-state index is 12.7. The summed E-state index contributed by atoms with van der Waals surface area (Å²) in [7, 11) is 1.13. The third-order valence-corrected chi connectivity index (χ3v) is 4.78. The standard InChI is InChI=1S/C20H15NO3S2/c22-18(13-26-25)16-11-12-17(21(23)24)20(15-9-5-2-6-10-15)19(16)14-7-3-1-4-8-14/h1-12,25H,13H2. The van der Waals surface area contributed by atoms with Crippen LogP contribution in [0.2, 0.25) is 0 Å². The third kappa shape index (κ3) is 3.66. The quantitative estimate of drug-likeness (QED) is 0.196. The van der Waals surface area contributed by atoms with Crippen LogP contribution in [-0.4, -0.2) is 16.5 Å². The topological polar surface area (TPSA) is 60.2 Å². The van der Waals surface area contributed by atoms with Crippen molar-refractivity contribution >= 4 is 33.9 Å². The van der Waals surface area contributed by atoms with Gasteiger partial charge in [-0.25, -0.2) is 0 Å². The average molecular weight is 381 g/mol. The van der Waals surface area contributed by atoms with E-state index in [0.717, 1.165) is 16.4 Å². The molecule has 3 rings (SSSR count). The van der Waals surface area contributed by atoms with E-state index >= 15 is 0 Å². The molecule has 0 atom stereocenters. The molecule has 4 nitrogen and oxygen atoms in total. The van der Waals surface area contributed by atoms with E-state index in [2.05, 4.69) is 11.7 Å². The van der Waals surface area contributed by atoms with Crippen molar-refractivity contribution in [1.82, 2.24) is 0 Å². The van der Waals surface area contributed by atoms with Crippen molar-refractivity contribution in [1.29, 1.82) is 0 Å². The van der Waals surface area contributed by atoms with Crippen molar-refractivity contribution in [3.05, 3.63) is 88.5 Å². The van der Waals surface area contributed by atoms with Crippen LogP contribution < -0.4 is 0 Å². The Morgan fingerprint density at radius 2 is 1.42 bits per heavy atom. The highest BCUT2D eigenvalue weighted by atomic mass is 33.1. The van der Waals surface area contributed by atoms with Crippen molar-refractivity contribution in [2.75, 3.05) is 5.75 Å². The van der Waals surface area contributed by atoms with Gasteiger partial charge in [-0.3, -0.25) is 14.9 Å². The summed E-state index contributed by atoms with van der Waals surface area (Å²) in [6.45, 7) is 0. The molecule has 0 aromatic heterocycles. The van der Waals surface area contributed by atoms with Crippen molar-refractivity contribution in [3.63, 3.8) is 0 Å². The number of carbonyl (C=O) groups is 1. The number of nitro groups is 1. The van der Waals surface area contributed by atoms with Crippen LogP contribution >= 0.6 is 22.5 Å². The van der Waals surface area contributed by atoms with Crippen LogP contribution in [0.4, 0.5) is 5.69 Å². The van der Waals surface area contributed by atoms with Gasteiger partial charge in [0.2, 0.25) is 0 Å². The summed E-state index contributed by atoms with van der Waals surface area (Å²) < 4.78 is 0. The highest BCUT2D eigenvalue weighted by molar-refractivity contribution is 8.68. The number of ketones is 1. The van der Waals surface area contributed by atoms with Crippen molar-refractivity contribution in [2.24, 2.45) is 0 Å². The lowest BCUT2D eigenvalue weighted by atomic mass is 9.88. The zero-order valence-electron chi connectivity index (χ0n) is 13.7. The normalized spacial score (nSPS) is 10.5. The van der Waals surface area contributed by atoms with Crippen LogP contribution in [-0.2, 0) is 0 Å².